The van der Waals surface area contributed by atoms with Crippen molar-refractivity contribution in [3.63, 3.8) is 0 Å². The van der Waals surface area contributed by atoms with Crippen LogP contribution in [0.2, 0.25) is 5.02 Å². The van der Waals surface area contributed by atoms with Gasteiger partial charge >= 0.3 is 0 Å². The Balaban J connectivity index is 1.83. The summed E-state index contributed by atoms with van der Waals surface area (Å²) in [6.45, 7) is 0.112. The van der Waals surface area contributed by atoms with Gasteiger partial charge in [-0.3, -0.25) is 9.78 Å². The zero-order valence-electron chi connectivity index (χ0n) is 15.4. The minimum atomic E-state index is -3.81. The molecular weight excluding hydrogens is 414 g/mol. The summed E-state index contributed by atoms with van der Waals surface area (Å²) in [4.78, 5) is 16.4. The molecule has 0 fully saturated rings. The first-order chi connectivity index (χ1) is 13.9. The van der Waals surface area contributed by atoms with E-state index in [0.717, 1.165) is 5.56 Å². The van der Waals surface area contributed by atoms with Gasteiger partial charge in [-0.1, -0.05) is 17.7 Å². The Kier molecular flexibility index (Phi) is 6.48. The number of ether oxygens (including phenoxy) is 1. The fourth-order valence-electron chi connectivity index (χ4n) is 2.54. The third kappa shape index (κ3) is 5.32. The zero-order valence-corrected chi connectivity index (χ0v) is 17.0. The van der Waals surface area contributed by atoms with E-state index in [0.29, 0.717) is 16.3 Å². The summed E-state index contributed by atoms with van der Waals surface area (Å²) in [6, 6.07) is 14.1. The van der Waals surface area contributed by atoms with E-state index in [2.05, 4.69) is 15.0 Å². The molecule has 0 saturated carbocycles. The molecule has 0 atom stereocenters. The molecule has 3 aromatic rings. The first-order valence-electron chi connectivity index (χ1n) is 8.52. The predicted molar refractivity (Wildman–Crippen MR) is 111 cm³/mol. The fourth-order valence-corrected chi connectivity index (χ4v) is 3.77. The lowest BCUT2D eigenvalue weighted by Crippen LogP contribution is -2.23. The highest BCUT2D eigenvalue weighted by Gasteiger charge is 2.18. The van der Waals surface area contributed by atoms with Crippen LogP contribution in [0.3, 0.4) is 0 Å². The van der Waals surface area contributed by atoms with Crippen molar-refractivity contribution in [1.29, 1.82) is 0 Å². The molecule has 150 valence electrons. The zero-order chi connectivity index (χ0) is 20.9. The number of aromatic nitrogens is 1. The number of rotatable bonds is 7. The van der Waals surface area contributed by atoms with Crippen LogP contribution in [-0.2, 0) is 16.6 Å². The van der Waals surface area contributed by atoms with Gasteiger partial charge in [-0.2, -0.15) is 0 Å². The highest BCUT2D eigenvalue weighted by atomic mass is 35.5. The van der Waals surface area contributed by atoms with E-state index >= 15 is 0 Å². The maximum absolute atomic E-state index is 12.7. The third-order valence-electron chi connectivity index (χ3n) is 4.03. The van der Waals surface area contributed by atoms with Gasteiger partial charge in [0.05, 0.1) is 17.7 Å². The van der Waals surface area contributed by atoms with Crippen LogP contribution in [0, 0.1) is 0 Å². The van der Waals surface area contributed by atoms with Gasteiger partial charge in [0.15, 0.2) is 0 Å². The number of hydrogen-bond donors (Lipinski definition) is 2. The number of carbonyl (C=O) groups is 1. The summed E-state index contributed by atoms with van der Waals surface area (Å²) in [5.41, 5.74) is 1.33. The minimum Gasteiger partial charge on any atom is -0.495 e. The molecule has 0 radical (unpaired) electrons. The Morgan fingerprint density at radius 1 is 1.10 bits per heavy atom. The van der Waals surface area contributed by atoms with Crippen molar-refractivity contribution >= 4 is 33.2 Å². The van der Waals surface area contributed by atoms with Crippen molar-refractivity contribution in [2.75, 3.05) is 12.4 Å². The molecule has 1 amide bonds. The van der Waals surface area contributed by atoms with E-state index in [1.165, 1.54) is 31.4 Å². The number of carbonyl (C=O) groups excluding carboxylic acids is 1. The van der Waals surface area contributed by atoms with E-state index in [-0.39, 0.29) is 17.1 Å². The van der Waals surface area contributed by atoms with Crippen LogP contribution in [-0.4, -0.2) is 26.4 Å². The topological polar surface area (TPSA) is 97.4 Å². The second kappa shape index (κ2) is 9.04. The highest BCUT2D eigenvalue weighted by molar-refractivity contribution is 7.89. The van der Waals surface area contributed by atoms with Gasteiger partial charge in [0.1, 0.15) is 5.75 Å². The number of nitrogens with one attached hydrogen (secondary N) is 2. The summed E-state index contributed by atoms with van der Waals surface area (Å²) in [6.07, 6.45) is 3.17. The highest BCUT2D eigenvalue weighted by Crippen LogP contribution is 2.28. The van der Waals surface area contributed by atoms with E-state index < -0.39 is 15.9 Å². The molecule has 0 unspecified atom stereocenters. The molecule has 0 bridgehead atoms. The second-order valence-electron chi connectivity index (χ2n) is 6.01. The molecule has 0 aliphatic carbocycles. The number of anilines is 1. The molecule has 1 heterocycles. The van der Waals surface area contributed by atoms with Crippen molar-refractivity contribution in [3.8, 4) is 5.75 Å². The molecule has 2 N–H and O–H groups in total. The Labute approximate surface area is 173 Å². The van der Waals surface area contributed by atoms with Gasteiger partial charge in [-0.05, 0) is 54.1 Å². The number of nitrogens with zero attached hydrogens (tertiary/aromatic N) is 1. The number of halogens is 1. The average molecular weight is 432 g/mol. The van der Waals surface area contributed by atoms with Crippen molar-refractivity contribution in [3.05, 3.63) is 83.1 Å². The second-order valence-corrected chi connectivity index (χ2v) is 8.21. The van der Waals surface area contributed by atoms with Gasteiger partial charge in [0.25, 0.3) is 5.91 Å². The van der Waals surface area contributed by atoms with Crippen LogP contribution in [0.5, 0.6) is 5.75 Å². The predicted octanol–water partition coefficient (Wildman–Crippen LogP) is 3.47. The monoisotopic (exact) mass is 431 g/mol. The molecule has 0 aliphatic rings. The molecule has 9 heteroatoms. The summed E-state index contributed by atoms with van der Waals surface area (Å²) in [7, 11) is -2.38. The fraction of sp³-hybridized carbons (Fsp3) is 0.100. The standard InChI is InChI=1S/C20H18ClN3O4S/c1-28-19-6-5-17(29(26,27)23-13-14-7-9-22-10-8-14)12-18(19)24-20(25)15-3-2-4-16(21)11-15/h2-12,23H,13H2,1H3,(H,24,25). The Morgan fingerprint density at radius 2 is 1.86 bits per heavy atom. The molecule has 29 heavy (non-hydrogen) atoms. The third-order valence-corrected chi connectivity index (χ3v) is 5.67. The molecule has 0 aliphatic heterocycles. The lowest BCUT2D eigenvalue weighted by molar-refractivity contribution is 0.102. The van der Waals surface area contributed by atoms with Gasteiger partial charge in [-0.15, -0.1) is 0 Å². The van der Waals surface area contributed by atoms with Gasteiger partial charge < -0.3 is 10.1 Å². The van der Waals surface area contributed by atoms with Crippen molar-refractivity contribution < 1.29 is 17.9 Å². The van der Waals surface area contributed by atoms with Crippen LogP contribution >= 0.6 is 11.6 Å². The smallest absolute Gasteiger partial charge is 0.255 e. The van der Waals surface area contributed by atoms with Crippen molar-refractivity contribution in [1.82, 2.24) is 9.71 Å². The number of hydrogen-bond acceptors (Lipinski definition) is 5. The van der Waals surface area contributed by atoms with Crippen molar-refractivity contribution in [2.24, 2.45) is 0 Å². The van der Waals surface area contributed by atoms with Crippen LogP contribution < -0.4 is 14.8 Å². The van der Waals surface area contributed by atoms with E-state index in [1.54, 1.807) is 42.7 Å². The maximum atomic E-state index is 12.7. The van der Waals surface area contributed by atoms with E-state index in [9.17, 15) is 13.2 Å². The number of pyridine rings is 1. The molecule has 2 aromatic carbocycles. The van der Waals surface area contributed by atoms with Gasteiger partial charge in [0, 0.05) is 29.5 Å². The van der Waals surface area contributed by atoms with Crippen LogP contribution in [0.1, 0.15) is 15.9 Å². The van der Waals surface area contributed by atoms with E-state index in [4.69, 9.17) is 16.3 Å². The molecule has 0 saturated heterocycles. The Bertz CT molecular complexity index is 1120. The molecule has 0 spiro atoms. The molecule has 1 aromatic heterocycles. The van der Waals surface area contributed by atoms with Crippen LogP contribution in [0.15, 0.2) is 71.9 Å². The molecule has 3 rings (SSSR count). The lowest BCUT2D eigenvalue weighted by Gasteiger charge is -2.13. The number of amides is 1. The summed E-state index contributed by atoms with van der Waals surface area (Å²) in [5.74, 6) is -0.112. The molecular formula is C20H18ClN3O4S. The normalized spacial score (nSPS) is 11.1. The van der Waals surface area contributed by atoms with Gasteiger partial charge in [-0.25, -0.2) is 13.1 Å². The lowest BCUT2D eigenvalue weighted by atomic mass is 10.2. The Morgan fingerprint density at radius 3 is 2.55 bits per heavy atom. The van der Waals surface area contributed by atoms with Gasteiger partial charge in [0.2, 0.25) is 10.0 Å². The number of benzene rings is 2. The first-order valence-corrected chi connectivity index (χ1v) is 10.4. The largest absolute Gasteiger partial charge is 0.495 e. The summed E-state index contributed by atoms with van der Waals surface area (Å²) >= 11 is 5.92. The minimum absolute atomic E-state index is 0.00579. The van der Waals surface area contributed by atoms with E-state index in [1.807, 2.05) is 0 Å². The Hall–Kier alpha value is -2.94. The molecule has 7 nitrogen and oxygen atoms in total. The maximum Gasteiger partial charge on any atom is 0.255 e. The SMILES string of the molecule is COc1ccc(S(=O)(=O)NCc2ccncc2)cc1NC(=O)c1cccc(Cl)c1. The quantitative estimate of drug-likeness (QED) is 0.597. The first kappa shape index (κ1) is 20.8. The summed E-state index contributed by atoms with van der Waals surface area (Å²) < 4.78 is 33.1. The van der Waals surface area contributed by atoms with Crippen LogP contribution in [0.4, 0.5) is 5.69 Å². The average Bonchev–Trinajstić information content (AvgIpc) is 2.73. The van der Waals surface area contributed by atoms with Crippen LogP contribution in [0.25, 0.3) is 0 Å². The summed E-state index contributed by atoms with van der Waals surface area (Å²) in [5, 5.41) is 3.09. The number of sulfonamides is 1. The van der Waals surface area contributed by atoms with Crippen molar-refractivity contribution in [2.45, 2.75) is 11.4 Å². The number of methoxy groups -OCH3 is 1.